The lowest BCUT2D eigenvalue weighted by Gasteiger charge is -2.29. The first-order chi connectivity index (χ1) is 10.7. The predicted molar refractivity (Wildman–Crippen MR) is 88.7 cm³/mol. The Hall–Kier alpha value is -1.69. The molecule has 3 amide bonds. The monoisotopic (exact) mass is 368 g/mol. The van der Waals surface area contributed by atoms with Crippen molar-refractivity contribution in [2.75, 3.05) is 5.83 Å². The summed E-state index contributed by atoms with van der Waals surface area (Å²) in [5.74, 6) is 1.06. The van der Waals surface area contributed by atoms with Gasteiger partial charge in [-0.15, -0.1) is 0 Å². The second-order valence-corrected chi connectivity index (χ2v) is 4.56. The van der Waals surface area contributed by atoms with E-state index in [0.717, 1.165) is 5.56 Å². The molecule has 0 radical (unpaired) electrons. The fraction of sp³-hybridized carbons (Fsp3) is 0.438. The number of benzene rings is 1. The van der Waals surface area contributed by atoms with Crippen molar-refractivity contribution in [1.82, 2.24) is 10.2 Å². The van der Waals surface area contributed by atoms with E-state index in [2.05, 4.69) is 21.2 Å². The molecule has 22 heavy (non-hydrogen) atoms. The highest BCUT2D eigenvalue weighted by Gasteiger charge is 2.38. The van der Waals surface area contributed by atoms with Crippen LogP contribution in [0.1, 0.15) is 42.6 Å². The van der Waals surface area contributed by atoms with Crippen LogP contribution in [-0.2, 0) is 16.1 Å². The third kappa shape index (κ3) is 3.74. The number of hydrogen-bond donors (Lipinski definition) is 1. The van der Waals surface area contributed by atoms with Crippen LogP contribution < -0.4 is 5.32 Å². The first-order valence-corrected chi connectivity index (χ1v) is 8.86. The van der Waals surface area contributed by atoms with Gasteiger partial charge in [0.2, 0.25) is 11.8 Å². The zero-order valence-corrected chi connectivity index (χ0v) is 14.6. The van der Waals surface area contributed by atoms with Crippen molar-refractivity contribution in [3.63, 3.8) is 0 Å². The maximum Gasteiger partial charge on any atom is 0.255 e. The number of amides is 3. The summed E-state index contributed by atoms with van der Waals surface area (Å²) in [6, 6.07) is 6.82. The lowest BCUT2D eigenvalue weighted by molar-refractivity contribution is -0.136. The maximum absolute atomic E-state index is 12.2. The van der Waals surface area contributed by atoms with Crippen LogP contribution in [0.5, 0.6) is 0 Å². The van der Waals surface area contributed by atoms with Crippen LogP contribution >= 0.6 is 15.9 Å². The van der Waals surface area contributed by atoms with Crippen LogP contribution in [0.25, 0.3) is 0 Å². The molecule has 120 valence electrons. The molecule has 1 saturated heterocycles. The molecule has 0 bridgehead atoms. The van der Waals surface area contributed by atoms with Gasteiger partial charge in [-0.1, -0.05) is 48.0 Å². The van der Waals surface area contributed by atoms with E-state index in [-0.39, 0.29) is 24.1 Å². The lowest BCUT2D eigenvalue weighted by Crippen LogP contribution is -2.52. The molecule has 0 aliphatic carbocycles. The minimum absolute atomic E-state index is 0.125. The molecule has 0 saturated carbocycles. The highest BCUT2D eigenvalue weighted by Crippen LogP contribution is 2.26. The van der Waals surface area contributed by atoms with E-state index >= 15 is 0 Å². The number of carbonyl (C=O) groups is 3. The first-order valence-electron chi connectivity index (χ1n) is 7.27. The summed E-state index contributed by atoms with van der Waals surface area (Å²) in [6.45, 7) is 4.45. The first kappa shape index (κ1) is 18.4. The summed E-state index contributed by atoms with van der Waals surface area (Å²) in [7, 11) is 0. The van der Waals surface area contributed by atoms with Gasteiger partial charge in [0.15, 0.2) is 0 Å². The van der Waals surface area contributed by atoms with Gasteiger partial charge in [-0.05, 0) is 23.9 Å². The summed E-state index contributed by atoms with van der Waals surface area (Å²) in [6.07, 6.45) is 0.695. The van der Waals surface area contributed by atoms with Crippen molar-refractivity contribution in [3.8, 4) is 0 Å². The van der Waals surface area contributed by atoms with Gasteiger partial charge in [-0.25, -0.2) is 0 Å². The van der Waals surface area contributed by atoms with E-state index in [1.54, 1.807) is 11.0 Å². The molecule has 6 heteroatoms. The number of carbonyl (C=O) groups excluding carboxylic acids is 3. The van der Waals surface area contributed by atoms with Crippen LogP contribution in [0, 0.1) is 0 Å². The molecule has 1 aromatic rings. The molecule has 5 nitrogen and oxygen atoms in total. The topological polar surface area (TPSA) is 66.5 Å². The van der Waals surface area contributed by atoms with Gasteiger partial charge < -0.3 is 4.90 Å². The lowest BCUT2D eigenvalue weighted by atomic mass is 10.0. The van der Waals surface area contributed by atoms with Gasteiger partial charge in [0, 0.05) is 18.5 Å². The van der Waals surface area contributed by atoms with Gasteiger partial charge in [0.05, 0.1) is 0 Å². The normalized spacial score (nSPS) is 19.4. The Bertz CT molecular complexity index is 560. The molecule has 1 aromatic carbocycles. The maximum atomic E-state index is 12.2. The van der Waals surface area contributed by atoms with Gasteiger partial charge in [-0.2, -0.15) is 0 Å². The van der Waals surface area contributed by atoms with Crippen LogP contribution in [0.2, 0.25) is 0 Å². The van der Waals surface area contributed by atoms with Crippen LogP contribution in [0.15, 0.2) is 24.3 Å². The van der Waals surface area contributed by atoms with Gasteiger partial charge in [0.25, 0.3) is 5.91 Å². The Morgan fingerprint density at radius 3 is 2.36 bits per heavy atom. The SMILES string of the molecule is CBr.CC.O=C1CCC(N2Cc3ccccc3C2=O)C(=O)N1. The summed E-state index contributed by atoms with van der Waals surface area (Å²) < 4.78 is 0. The Morgan fingerprint density at radius 2 is 1.77 bits per heavy atom. The van der Waals surface area contributed by atoms with Crippen LogP contribution in [0.4, 0.5) is 0 Å². The van der Waals surface area contributed by atoms with E-state index < -0.39 is 6.04 Å². The number of alkyl halides is 1. The van der Waals surface area contributed by atoms with Crippen molar-refractivity contribution < 1.29 is 14.4 Å². The van der Waals surface area contributed by atoms with Gasteiger partial charge in [-0.3, -0.25) is 19.7 Å². The largest absolute Gasteiger partial charge is 0.322 e. The number of halogens is 1. The average Bonchev–Trinajstić information content (AvgIpc) is 2.89. The van der Waals surface area contributed by atoms with Crippen LogP contribution in [-0.4, -0.2) is 34.5 Å². The number of nitrogens with zero attached hydrogens (tertiary/aromatic N) is 1. The third-order valence-corrected chi connectivity index (χ3v) is 3.44. The molecule has 2 aliphatic rings. The Kier molecular flexibility index (Phi) is 7.24. The van der Waals surface area contributed by atoms with Crippen molar-refractivity contribution in [3.05, 3.63) is 35.4 Å². The molecule has 1 atom stereocenters. The fourth-order valence-electron chi connectivity index (χ4n) is 2.51. The molecule has 1 unspecified atom stereocenters. The average molecular weight is 369 g/mol. The van der Waals surface area contributed by atoms with Gasteiger partial charge in [0.1, 0.15) is 6.04 Å². The molecule has 0 aromatic heterocycles. The number of rotatable bonds is 1. The highest BCUT2D eigenvalue weighted by molar-refractivity contribution is 9.08. The van der Waals surface area contributed by atoms with E-state index in [9.17, 15) is 14.4 Å². The number of fused-ring (bicyclic) bond motifs is 1. The molecule has 1 fully saturated rings. The second kappa shape index (κ2) is 8.68. The Labute approximate surface area is 139 Å². The smallest absolute Gasteiger partial charge is 0.255 e. The molecular formula is C16H21BrN2O3. The molecular weight excluding hydrogens is 348 g/mol. The molecule has 0 spiro atoms. The Morgan fingerprint density at radius 1 is 1.14 bits per heavy atom. The zero-order valence-electron chi connectivity index (χ0n) is 13.1. The zero-order chi connectivity index (χ0) is 16.7. The van der Waals surface area contributed by atoms with Crippen molar-refractivity contribution in [1.29, 1.82) is 0 Å². The minimum atomic E-state index is -0.525. The highest BCUT2D eigenvalue weighted by atomic mass is 79.9. The van der Waals surface area contributed by atoms with Crippen molar-refractivity contribution in [2.45, 2.75) is 39.3 Å². The number of hydrogen-bond acceptors (Lipinski definition) is 3. The van der Waals surface area contributed by atoms with Crippen molar-refractivity contribution >= 4 is 33.7 Å². The summed E-state index contributed by atoms with van der Waals surface area (Å²) in [5, 5.41) is 2.28. The number of imide groups is 1. The van der Waals surface area contributed by atoms with Crippen LogP contribution in [0.3, 0.4) is 0 Å². The van der Waals surface area contributed by atoms with E-state index in [0.29, 0.717) is 18.5 Å². The number of piperidine rings is 1. The van der Waals surface area contributed by atoms with E-state index in [1.807, 2.05) is 37.9 Å². The molecule has 2 aliphatic heterocycles. The quantitative estimate of drug-likeness (QED) is 0.611. The fourth-order valence-corrected chi connectivity index (χ4v) is 2.51. The molecule has 2 heterocycles. The standard InChI is InChI=1S/C13H12N2O3.C2H6.CH3Br/c16-11-6-5-10(12(17)14-11)15-7-8-3-1-2-4-9(8)13(15)18;2*1-2/h1-4,10H,5-7H2,(H,14,16,17);1-2H3;1H3. The van der Waals surface area contributed by atoms with E-state index in [4.69, 9.17) is 0 Å². The third-order valence-electron chi connectivity index (χ3n) is 3.44. The van der Waals surface area contributed by atoms with Crippen molar-refractivity contribution in [2.24, 2.45) is 0 Å². The summed E-state index contributed by atoms with van der Waals surface area (Å²) in [5.41, 5.74) is 1.59. The second-order valence-electron chi connectivity index (χ2n) is 4.56. The molecule has 3 rings (SSSR count). The Balaban J connectivity index is 0.000000561. The molecule has 1 N–H and O–H groups in total. The summed E-state index contributed by atoms with van der Waals surface area (Å²) >= 11 is 2.94. The predicted octanol–water partition coefficient (Wildman–Crippen LogP) is 2.48. The summed E-state index contributed by atoms with van der Waals surface area (Å²) in [4.78, 5) is 36.6. The number of nitrogens with one attached hydrogen (secondary N) is 1. The van der Waals surface area contributed by atoms with Gasteiger partial charge >= 0.3 is 0 Å². The van der Waals surface area contributed by atoms with E-state index in [1.165, 1.54) is 0 Å². The minimum Gasteiger partial charge on any atom is -0.322 e.